The largest absolute Gasteiger partial charge is 0.322 e. The van der Waals surface area contributed by atoms with Gasteiger partial charge >= 0.3 is 0 Å². The summed E-state index contributed by atoms with van der Waals surface area (Å²) in [5.41, 5.74) is 0.449. The number of carbonyl (C=O) groups excluding carboxylic acids is 1. The molecule has 0 aliphatic carbocycles. The van der Waals surface area contributed by atoms with Crippen LogP contribution in [-0.2, 0) is 0 Å². The predicted molar refractivity (Wildman–Crippen MR) is 73.6 cm³/mol. The minimum atomic E-state index is -0.548. The first-order chi connectivity index (χ1) is 8.94. The SMILES string of the molecule is O=C(Nc1cc(F)cc(Cl)c1)c1cc(Cl)nc(Cl)c1. The standard InChI is InChI=1S/C12H6Cl3FN2O/c13-7-3-8(16)5-9(4-7)17-12(19)6-1-10(14)18-11(15)2-6/h1-5H,(H,17,19). The van der Waals surface area contributed by atoms with Crippen LogP contribution in [0.5, 0.6) is 0 Å². The van der Waals surface area contributed by atoms with Crippen LogP contribution in [0, 0.1) is 5.82 Å². The average molecular weight is 320 g/mol. The van der Waals surface area contributed by atoms with Crippen molar-refractivity contribution in [2.75, 3.05) is 5.32 Å². The summed E-state index contributed by atoms with van der Waals surface area (Å²) in [5, 5.41) is 2.85. The third-order valence-electron chi connectivity index (χ3n) is 2.15. The number of nitrogens with zero attached hydrogens (tertiary/aromatic N) is 1. The Hall–Kier alpha value is -1.36. The molecule has 0 unspecified atom stereocenters. The van der Waals surface area contributed by atoms with Gasteiger partial charge in [0.2, 0.25) is 0 Å². The number of hydrogen-bond acceptors (Lipinski definition) is 2. The van der Waals surface area contributed by atoms with Crippen LogP contribution in [0.1, 0.15) is 10.4 Å². The number of amides is 1. The maximum atomic E-state index is 13.1. The summed E-state index contributed by atoms with van der Waals surface area (Å²) in [7, 11) is 0. The maximum absolute atomic E-state index is 13.1. The molecule has 0 spiro atoms. The molecule has 7 heteroatoms. The Balaban J connectivity index is 2.25. The van der Waals surface area contributed by atoms with Gasteiger partial charge in [0.1, 0.15) is 16.1 Å². The van der Waals surface area contributed by atoms with Crippen molar-refractivity contribution in [1.82, 2.24) is 4.98 Å². The van der Waals surface area contributed by atoms with Gasteiger partial charge in [-0.3, -0.25) is 4.79 Å². The normalized spacial score (nSPS) is 10.3. The summed E-state index contributed by atoms with van der Waals surface area (Å²) >= 11 is 17.1. The van der Waals surface area contributed by atoms with Gasteiger partial charge in [-0.15, -0.1) is 0 Å². The van der Waals surface area contributed by atoms with Crippen LogP contribution in [0.3, 0.4) is 0 Å². The summed E-state index contributed by atoms with van der Waals surface area (Å²) in [6.45, 7) is 0. The summed E-state index contributed by atoms with van der Waals surface area (Å²) < 4.78 is 13.1. The fraction of sp³-hybridized carbons (Fsp3) is 0. The van der Waals surface area contributed by atoms with E-state index in [2.05, 4.69) is 10.3 Å². The third kappa shape index (κ3) is 3.80. The quantitative estimate of drug-likeness (QED) is 0.832. The molecule has 0 fully saturated rings. The molecule has 0 atom stereocenters. The summed E-state index contributed by atoms with van der Waals surface area (Å²) in [5.74, 6) is -1.04. The molecule has 2 rings (SSSR count). The fourth-order valence-electron chi connectivity index (χ4n) is 1.43. The van der Waals surface area contributed by atoms with E-state index in [1.165, 1.54) is 18.2 Å². The number of pyridine rings is 1. The zero-order valence-electron chi connectivity index (χ0n) is 9.25. The molecule has 1 heterocycles. The van der Waals surface area contributed by atoms with E-state index in [0.29, 0.717) is 0 Å². The zero-order chi connectivity index (χ0) is 14.0. The Bertz CT molecular complexity index is 608. The van der Waals surface area contributed by atoms with Crippen LogP contribution >= 0.6 is 34.8 Å². The van der Waals surface area contributed by atoms with Crippen molar-refractivity contribution >= 4 is 46.4 Å². The van der Waals surface area contributed by atoms with E-state index in [9.17, 15) is 9.18 Å². The van der Waals surface area contributed by atoms with Crippen molar-refractivity contribution in [2.24, 2.45) is 0 Å². The molecule has 1 aromatic heterocycles. The second-order valence-electron chi connectivity index (χ2n) is 3.61. The molecule has 0 saturated carbocycles. The molecule has 98 valence electrons. The Morgan fingerprint density at radius 1 is 1.05 bits per heavy atom. The highest BCUT2D eigenvalue weighted by Crippen LogP contribution is 2.20. The highest BCUT2D eigenvalue weighted by Gasteiger charge is 2.10. The zero-order valence-corrected chi connectivity index (χ0v) is 11.5. The van der Waals surface area contributed by atoms with E-state index in [1.54, 1.807) is 0 Å². The molecule has 0 bridgehead atoms. The highest BCUT2D eigenvalue weighted by atomic mass is 35.5. The van der Waals surface area contributed by atoms with E-state index in [-0.39, 0.29) is 26.6 Å². The van der Waals surface area contributed by atoms with Crippen molar-refractivity contribution in [2.45, 2.75) is 0 Å². The Morgan fingerprint density at radius 2 is 1.68 bits per heavy atom. The first-order valence-corrected chi connectivity index (χ1v) is 6.18. The number of aromatic nitrogens is 1. The molecule has 1 N–H and O–H groups in total. The molecule has 1 amide bonds. The number of carbonyl (C=O) groups is 1. The van der Waals surface area contributed by atoms with Gasteiger partial charge in [-0.2, -0.15) is 0 Å². The molecule has 19 heavy (non-hydrogen) atoms. The molecule has 1 aromatic carbocycles. The molecule has 0 aliphatic heterocycles. The van der Waals surface area contributed by atoms with Crippen LogP contribution in [0.4, 0.5) is 10.1 Å². The van der Waals surface area contributed by atoms with Gasteiger partial charge in [0.25, 0.3) is 5.91 Å². The number of nitrogens with one attached hydrogen (secondary N) is 1. The summed E-state index contributed by atoms with van der Waals surface area (Å²) in [6, 6.07) is 6.41. The second-order valence-corrected chi connectivity index (χ2v) is 4.82. The summed E-state index contributed by atoms with van der Waals surface area (Å²) in [4.78, 5) is 15.6. The van der Waals surface area contributed by atoms with E-state index in [0.717, 1.165) is 12.1 Å². The van der Waals surface area contributed by atoms with E-state index >= 15 is 0 Å². The first kappa shape index (κ1) is 14.1. The van der Waals surface area contributed by atoms with Crippen LogP contribution in [0.25, 0.3) is 0 Å². The van der Waals surface area contributed by atoms with Gasteiger partial charge in [-0.25, -0.2) is 9.37 Å². The van der Waals surface area contributed by atoms with Crippen LogP contribution in [-0.4, -0.2) is 10.9 Å². The molecule has 2 aromatic rings. The van der Waals surface area contributed by atoms with Gasteiger partial charge < -0.3 is 5.32 Å². The lowest BCUT2D eigenvalue weighted by molar-refractivity contribution is 0.102. The van der Waals surface area contributed by atoms with Gasteiger partial charge in [0.15, 0.2) is 0 Å². The molecule has 0 radical (unpaired) electrons. The summed E-state index contributed by atoms with van der Waals surface area (Å²) in [6.07, 6.45) is 0. The van der Waals surface area contributed by atoms with Crippen molar-refractivity contribution < 1.29 is 9.18 Å². The lowest BCUT2D eigenvalue weighted by Gasteiger charge is -2.06. The molecule has 0 aliphatic rings. The monoisotopic (exact) mass is 318 g/mol. The van der Waals surface area contributed by atoms with Gasteiger partial charge in [0, 0.05) is 16.3 Å². The predicted octanol–water partition coefficient (Wildman–Crippen LogP) is 4.43. The lowest BCUT2D eigenvalue weighted by Crippen LogP contribution is -2.12. The van der Waals surface area contributed by atoms with Crippen molar-refractivity contribution in [3.8, 4) is 0 Å². The third-order valence-corrected chi connectivity index (χ3v) is 2.75. The molecular weight excluding hydrogens is 314 g/mol. The van der Waals surface area contributed by atoms with Crippen molar-refractivity contribution in [1.29, 1.82) is 0 Å². The van der Waals surface area contributed by atoms with Crippen molar-refractivity contribution in [3.63, 3.8) is 0 Å². The molecule has 3 nitrogen and oxygen atoms in total. The van der Waals surface area contributed by atoms with Crippen LogP contribution in [0.15, 0.2) is 30.3 Å². The number of rotatable bonds is 2. The number of benzene rings is 1. The van der Waals surface area contributed by atoms with Gasteiger partial charge in [0.05, 0.1) is 0 Å². The Labute approximate surface area is 123 Å². The van der Waals surface area contributed by atoms with Gasteiger partial charge in [-0.05, 0) is 30.3 Å². The minimum absolute atomic E-state index is 0.0925. The van der Waals surface area contributed by atoms with Crippen LogP contribution in [0.2, 0.25) is 15.3 Å². The number of hydrogen-bond donors (Lipinski definition) is 1. The van der Waals surface area contributed by atoms with Crippen molar-refractivity contribution in [3.05, 3.63) is 57.0 Å². The van der Waals surface area contributed by atoms with E-state index in [4.69, 9.17) is 34.8 Å². The first-order valence-electron chi connectivity index (χ1n) is 5.04. The van der Waals surface area contributed by atoms with E-state index < -0.39 is 11.7 Å². The van der Waals surface area contributed by atoms with Gasteiger partial charge in [-0.1, -0.05) is 34.8 Å². The smallest absolute Gasteiger partial charge is 0.255 e. The molecular formula is C12H6Cl3FN2O. The Kier molecular flexibility index (Phi) is 4.24. The number of halogens is 4. The minimum Gasteiger partial charge on any atom is -0.322 e. The topological polar surface area (TPSA) is 42.0 Å². The Morgan fingerprint density at radius 3 is 2.26 bits per heavy atom. The number of anilines is 1. The van der Waals surface area contributed by atoms with E-state index in [1.807, 2.05) is 0 Å². The second kappa shape index (κ2) is 5.74. The lowest BCUT2D eigenvalue weighted by atomic mass is 10.2. The molecule has 0 saturated heterocycles. The average Bonchev–Trinajstić information content (AvgIpc) is 2.25. The maximum Gasteiger partial charge on any atom is 0.255 e. The highest BCUT2D eigenvalue weighted by molar-refractivity contribution is 6.33. The fourth-order valence-corrected chi connectivity index (χ4v) is 2.11. The van der Waals surface area contributed by atoms with Crippen LogP contribution < -0.4 is 5.32 Å².